The van der Waals surface area contributed by atoms with Crippen LogP contribution in [-0.2, 0) is 19.7 Å². The predicted molar refractivity (Wildman–Crippen MR) is 101 cm³/mol. The molecule has 2 aromatic rings. The zero-order valence-corrected chi connectivity index (χ0v) is 15.4. The number of hydrogen-bond donors (Lipinski definition) is 2. The van der Waals surface area contributed by atoms with Crippen molar-refractivity contribution >= 4 is 0 Å². The van der Waals surface area contributed by atoms with E-state index in [-0.39, 0.29) is 6.61 Å². The highest BCUT2D eigenvalue weighted by Crippen LogP contribution is 2.28. The van der Waals surface area contributed by atoms with Gasteiger partial charge in [0.05, 0.1) is 20.3 Å². The minimum Gasteiger partial charge on any atom is -0.493 e. The van der Waals surface area contributed by atoms with Crippen molar-refractivity contribution < 1.29 is 14.6 Å². The molecule has 0 bridgehead atoms. The fourth-order valence-electron chi connectivity index (χ4n) is 2.57. The number of aliphatic hydroxyl groups excluding tert-OH is 1. The van der Waals surface area contributed by atoms with Crippen LogP contribution in [0.1, 0.15) is 37.0 Å². The molecular formula is C21H29NO3. The summed E-state index contributed by atoms with van der Waals surface area (Å²) in [6.45, 7) is 6.57. The van der Waals surface area contributed by atoms with Gasteiger partial charge in [0.1, 0.15) is 0 Å². The van der Waals surface area contributed by atoms with Crippen LogP contribution < -0.4 is 14.8 Å². The molecule has 0 atom stereocenters. The molecule has 0 amide bonds. The highest BCUT2D eigenvalue weighted by atomic mass is 16.5. The molecule has 0 radical (unpaired) electrons. The number of benzene rings is 2. The lowest BCUT2D eigenvalue weighted by Gasteiger charge is -2.14. The Balaban J connectivity index is 1.91. The Hall–Kier alpha value is -2.04. The van der Waals surface area contributed by atoms with E-state index in [0.717, 1.165) is 41.2 Å². The first-order valence-corrected chi connectivity index (χ1v) is 8.82. The average molecular weight is 343 g/mol. The van der Waals surface area contributed by atoms with Gasteiger partial charge in [-0.1, -0.05) is 44.2 Å². The van der Waals surface area contributed by atoms with Crippen LogP contribution in [0.3, 0.4) is 0 Å². The second kappa shape index (κ2) is 10.1. The van der Waals surface area contributed by atoms with Gasteiger partial charge >= 0.3 is 0 Å². The van der Waals surface area contributed by atoms with Crippen LogP contribution in [0.25, 0.3) is 0 Å². The van der Waals surface area contributed by atoms with Crippen molar-refractivity contribution in [3.63, 3.8) is 0 Å². The number of hydrogen-bond acceptors (Lipinski definition) is 4. The molecule has 0 fully saturated rings. The SMILES string of the molecule is COc1cc(CNCc2ccccc2CO)ccc1OCCC(C)C. The van der Waals surface area contributed by atoms with E-state index in [2.05, 4.69) is 25.2 Å². The largest absolute Gasteiger partial charge is 0.493 e. The maximum Gasteiger partial charge on any atom is 0.161 e. The summed E-state index contributed by atoms with van der Waals surface area (Å²) in [5.74, 6) is 2.17. The summed E-state index contributed by atoms with van der Waals surface area (Å²) >= 11 is 0. The van der Waals surface area contributed by atoms with Crippen molar-refractivity contribution in [2.75, 3.05) is 13.7 Å². The number of nitrogens with one attached hydrogen (secondary N) is 1. The Kier molecular flexibility index (Phi) is 7.76. The summed E-state index contributed by atoms with van der Waals surface area (Å²) in [5, 5.41) is 12.8. The third kappa shape index (κ3) is 6.07. The first kappa shape index (κ1) is 19.3. The summed E-state index contributed by atoms with van der Waals surface area (Å²) in [7, 11) is 1.67. The van der Waals surface area contributed by atoms with Gasteiger partial charge in [-0.3, -0.25) is 0 Å². The molecule has 0 saturated carbocycles. The summed E-state index contributed by atoms with van der Waals surface area (Å²) in [6, 6.07) is 13.9. The molecule has 0 aliphatic heterocycles. The Bertz CT molecular complexity index is 655. The molecule has 136 valence electrons. The van der Waals surface area contributed by atoms with Crippen LogP contribution in [0.5, 0.6) is 11.5 Å². The molecule has 25 heavy (non-hydrogen) atoms. The van der Waals surface area contributed by atoms with Crippen LogP contribution in [0.2, 0.25) is 0 Å². The maximum absolute atomic E-state index is 9.38. The van der Waals surface area contributed by atoms with Crippen LogP contribution in [0.15, 0.2) is 42.5 Å². The molecule has 0 aliphatic rings. The van der Waals surface area contributed by atoms with Crippen LogP contribution >= 0.6 is 0 Å². The van der Waals surface area contributed by atoms with E-state index in [1.54, 1.807) is 7.11 Å². The van der Waals surface area contributed by atoms with Gasteiger partial charge in [-0.05, 0) is 41.2 Å². The van der Waals surface area contributed by atoms with Crippen molar-refractivity contribution in [2.45, 2.75) is 40.0 Å². The number of ether oxygens (including phenoxy) is 2. The zero-order chi connectivity index (χ0) is 18.1. The van der Waals surface area contributed by atoms with Crippen molar-refractivity contribution in [3.05, 3.63) is 59.2 Å². The monoisotopic (exact) mass is 343 g/mol. The standard InChI is InChI=1S/C21H29NO3/c1-16(2)10-11-25-20-9-8-17(12-21(20)24-3)13-22-14-18-6-4-5-7-19(18)15-23/h4-9,12,16,22-23H,10-11,13-15H2,1-3H3. The third-order valence-electron chi connectivity index (χ3n) is 4.11. The summed E-state index contributed by atoms with van der Waals surface area (Å²) in [6.07, 6.45) is 1.02. The third-order valence-corrected chi connectivity index (χ3v) is 4.11. The molecule has 4 heteroatoms. The van der Waals surface area contributed by atoms with Crippen molar-refractivity contribution in [3.8, 4) is 11.5 Å². The molecule has 2 rings (SSSR count). The summed E-state index contributed by atoms with van der Waals surface area (Å²) < 4.78 is 11.3. The Morgan fingerprint density at radius 3 is 2.44 bits per heavy atom. The first-order valence-electron chi connectivity index (χ1n) is 8.82. The topological polar surface area (TPSA) is 50.7 Å². The number of rotatable bonds is 10. The molecule has 0 saturated heterocycles. The van der Waals surface area contributed by atoms with Gasteiger partial charge in [-0.2, -0.15) is 0 Å². The van der Waals surface area contributed by atoms with Crippen LogP contribution in [0.4, 0.5) is 0 Å². The van der Waals surface area contributed by atoms with Crippen LogP contribution in [-0.4, -0.2) is 18.8 Å². The quantitative estimate of drug-likeness (QED) is 0.687. The second-order valence-corrected chi connectivity index (χ2v) is 6.55. The second-order valence-electron chi connectivity index (χ2n) is 6.55. The summed E-state index contributed by atoms with van der Waals surface area (Å²) in [5.41, 5.74) is 3.21. The molecule has 4 nitrogen and oxygen atoms in total. The minimum absolute atomic E-state index is 0.0636. The predicted octanol–water partition coefficient (Wildman–Crippen LogP) is 3.90. The van der Waals surface area contributed by atoms with E-state index < -0.39 is 0 Å². The smallest absolute Gasteiger partial charge is 0.161 e. The van der Waals surface area contributed by atoms with Gasteiger partial charge in [-0.15, -0.1) is 0 Å². The first-order chi connectivity index (χ1) is 12.1. The lowest BCUT2D eigenvalue weighted by molar-refractivity contribution is 0.273. The van der Waals surface area contributed by atoms with Gasteiger partial charge in [0.2, 0.25) is 0 Å². The van der Waals surface area contributed by atoms with E-state index in [9.17, 15) is 5.11 Å². The molecule has 0 spiro atoms. The lowest BCUT2D eigenvalue weighted by atomic mass is 10.1. The highest BCUT2D eigenvalue weighted by Gasteiger charge is 2.07. The number of aliphatic hydroxyl groups is 1. The van der Waals surface area contributed by atoms with Crippen molar-refractivity contribution in [1.82, 2.24) is 5.32 Å². The highest BCUT2D eigenvalue weighted by molar-refractivity contribution is 5.43. The molecule has 2 aromatic carbocycles. The maximum atomic E-state index is 9.38. The minimum atomic E-state index is 0.0636. The average Bonchev–Trinajstić information content (AvgIpc) is 2.62. The van der Waals surface area contributed by atoms with E-state index in [4.69, 9.17) is 9.47 Å². The molecule has 0 aromatic heterocycles. The molecular weight excluding hydrogens is 314 g/mol. The Morgan fingerprint density at radius 2 is 1.76 bits per heavy atom. The fraction of sp³-hybridized carbons (Fsp3) is 0.429. The molecule has 0 unspecified atom stereocenters. The van der Waals surface area contributed by atoms with Crippen molar-refractivity contribution in [2.24, 2.45) is 5.92 Å². The lowest BCUT2D eigenvalue weighted by Crippen LogP contribution is -2.14. The Labute approximate surface area is 150 Å². The van der Waals surface area contributed by atoms with E-state index in [0.29, 0.717) is 19.1 Å². The fourth-order valence-corrected chi connectivity index (χ4v) is 2.57. The van der Waals surface area contributed by atoms with Gasteiger partial charge in [0.15, 0.2) is 11.5 Å². The van der Waals surface area contributed by atoms with Gasteiger partial charge < -0.3 is 19.9 Å². The molecule has 0 heterocycles. The zero-order valence-electron chi connectivity index (χ0n) is 15.4. The van der Waals surface area contributed by atoms with Gasteiger partial charge in [0.25, 0.3) is 0 Å². The molecule has 0 aliphatic carbocycles. The van der Waals surface area contributed by atoms with E-state index in [1.807, 2.05) is 36.4 Å². The van der Waals surface area contributed by atoms with Gasteiger partial charge in [0, 0.05) is 13.1 Å². The van der Waals surface area contributed by atoms with Crippen LogP contribution in [0, 0.1) is 5.92 Å². The Morgan fingerprint density at radius 1 is 1.00 bits per heavy atom. The van der Waals surface area contributed by atoms with Gasteiger partial charge in [-0.25, -0.2) is 0 Å². The summed E-state index contributed by atoms with van der Waals surface area (Å²) in [4.78, 5) is 0. The van der Waals surface area contributed by atoms with Crippen molar-refractivity contribution in [1.29, 1.82) is 0 Å². The van der Waals surface area contributed by atoms with E-state index in [1.165, 1.54) is 0 Å². The number of methoxy groups -OCH3 is 1. The molecule has 2 N–H and O–H groups in total. The van der Waals surface area contributed by atoms with E-state index >= 15 is 0 Å². The normalized spacial score (nSPS) is 10.9.